The number of pyridine rings is 2. The zero-order chi connectivity index (χ0) is 24.7. The lowest BCUT2D eigenvalue weighted by Gasteiger charge is -2.31. The molecule has 0 saturated carbocycles. The molecule has 4 rings (SSSR count). The molecule has 3 aromatic rings. The minimum absolute atomic E-state index is 0.0127. The van der Waals surface area contributed by atoms with Crippen molar-refractivity contribution in [3.05, 3.63) is 48.4 Å². The summed E-state index contributed by atoms with van der Waals surface area (Å²) in [6.07, 6.45) is 13.6. The summed E-state index contributed by atoms with van der Waals surface area (Å²) in [5.41, 5.74) is 2.48. The second-order valence-corrected chi connectivity index (χ2v) is 9.54. The number of nitrogens with zero attached hydrogens (tertiary/aromatic N) is 4. The van der Waals surface area contributed by atoms with E-state index in [-0.39, 0.29) is 18.4 Å². The van der Waals surface area contributed by atoms with Crippen LogP contribution < -0.4 is 0 Å². The monoisotopic (exact) mass is 484 g/mol. The fraction of sp³-hybridized carbons (Fsp3) is 0.519. The quantitative estimate of drug-likeness (QED) is 0.307. The van der Waals surface area contributed by atoms with Gasteiger partial charge in [-0.1, -0.05) is 32.1 Å². The topological polar surface area (TPSA) is 71.2 Å². The van der Waals surface area contributed by atoms with Gasteiger partial charge in [0.15, 0.2) is 0 Å². The normalized spacial score (nSPS) is 16.1. The lowest BCUT2D eigenvalue weighted by Crippen LogP contribution is -2.39. The highest BCUT2D eigenvalue weighted by atomic mass is 19.3. The van der Waals surface area contributed by atoms with Crippen molar-refractivity contribution in [3.63, 3.8) is 0 Å². The molecule has 35 heavy (non-hydrogen) atoms. The number of rotatable bonds is 12. The van der Waals surface area contributed by atoms with E-state index >= 15 is 0 Å². The predicted molar refractivity (Wildman–Crippen MR) is 133 cm³/mol. The molecule has 0 radical (unpaired) electrons. The van der Waals surface area contributed by atoms with E-state index in [1.165, 1.54) is 44.4 Å². The van der Waals surface area contributed by atoms with Crippen molar-refractivity contribution in [2.75, 3.05) is 19.6 Å². The number of aryl methyl sites for hydroxylation is 1. The molecule has 0 amide bonds. The first-order valence-corrected chi connectivity index (χ1v) is 12.7. The standard InChI is InChI=1S/C27H34F2N4O2/c28-27(29)10-16-32(17-11-27)13-6-4-2-1-3-5-7-14-33-15-9-21-18-24(31-20-25(21)33)23-19-22(26(34)35)8-12-30-23/h8-9,12,15,18-20H,1-7,10-11,13-14,16-17H2,(H,34,35). The van der Waals surface area contributed by atoms with Gasteiger partial charge < -0.3 is 14.6 Å². The summed E-state index contributed by atoms with van der Waals surface area (Å²) in [6.45, 7) is 2.96. The maximum absolute atomic E-state index is 13.2. The molecule has 1 N–H and O–H groups in total. The van der Waals surface area contributed by atoms with Crippen LogP contribution in [0.1, 0.15) is 68.1 Å². The molecule has 4 heterocycles. The lowest BCUT2D eigenvalue weighted by atomic mass is 10.1. The van der Waals surface area contributed by atoms with Crippen LogP contribution in [0.3, 0.4) is 0 Å². The van der Waals surface area contributed by atoms with Gasteiger partial charge in [0.2, 0.25) is 0 Å². The Bertz CT molecular complexity index is 1120. The number of carboxylic acid groups (broad SMARTS) is 1. The maximum atomic E-state index is 13.2. The molecule has 8 heteroatoms. The number of halogens is 2. The van der Waals surface area contributed by atoms with Crippen molar-refractivity contribution < 1.29 is 18.7 Å². The van der Waals surface area contributed by atoms with Crippen LogP contribution in [0, 0.1) is 0 Å². The van der Waals surface area contributed by atoms with Gasteiger partial charge in [-0.25, -0.2) is 13.6 Å². The molecule has 0 unspecified atom stereocenters. The van der Waals surface area contributed by atoms with Crippen molar-refractivity contribution in [3.8, 4) is 11.4 Å². The number of carboxylic acids is 1. The van der Waals surface area contributed by atoms with Crippen LogP contribution in [-0.2, 0) is 6.54 Å². The summed E-state index contributed by atoms with van der Waals surface area (Å²) in [4.78, 5) is 22.2. The van der Waals surface area contributed by atoms with E-state index in [0.29, 0.717) is 24.5 Å². The fourth-order valence-electron chi connectivity index (χ4n) is 4.73. The number of piperidine rings is 1. The highest BCUT2D eigenvalue weighted by Gasteiger charge is 2.33. The predicted octanol–water partition coefficient (Wildman–Crippen LogP) is 6.26. The molecule has 0 aromatic carbocycles. The van der Waals surface area contributed by atoms with Crippen molar-refractivity contribution in [1.82, 2.24) is 19.4 Å². The van der Waals surface area contributed by atoms with E-state index in [0.717, 1.165) is 36.8 Å². The maximum Gasteiger partial charge on any atom is 0.335 e. The van der Waals surface area contributed by atoms with E-state index in [4.69, 9.17) is 0 Å². The van der Waals surface area contributed by atoms with Gasteiger partial charge in [0.05, 0.1) is 28.7 Å². The summed E-state index contributed by atoms with van der Waals surface area (Å²) in [5, 5.41) is 10.3. The van der Waals surface area contributed by atoms with Gasteiger partial charge in [-0.05, 0) is 43.7 Å². The van der Waals surface area contributed by atoms with Gasteiger partial charge in [0, 0.05) is 50.3 Å². The Morgan fingerprint density at radius 1 is 0.914 bits per heavy atom. The van der Waals surface area contributed by atoms with E-state index in [1.807, 2.05) is 12.3 Å². The molecule has 6 nitrogen and oxygen atoms in total. The largest absolute Gasteiger partial charge is 0.478 e. The second-order valence-electron chi connectivity index (χ2n) is 9.54. The van der Waals surface area contributed by atoms with E-state index in [1.54, 1.807) is 6.07 Å². The average molecular weight is 485 g/mol. The van der Waals surface area contributed by atoms with E-state index < -0.39 is 11.9 Å². The molecule has 1 fully saturated rings. The molecular weight excluding hydrogens is 450 g/mol. The molecule has 0 atom stereocenters. The molecule has 0 spiro atoms. The number of fused-ring (bicyclic) bond motifs is 1. The third-order valence-electron chi connectivity index (χ3n) is 6.89. The Balaban J connectivity index is 1.14. The second kappa shape index (κ2) is 11.7. The Kier molecular flexibility index (Phi) is 8.44. The molecule has 0 aliphatic carbocycles. The summed E-state index contributed by atoms with van der Waals surface area (Å²) in [5.74, 6) is -3.43. The number of aromatic nitrogens is 3. The van der Waals surface area contributed by atoms with Crippen LogP contribution in [0.4, 0.5) is 8.78 Å². The zero-order valence-corrected chi connectivity index (χ0v) is 20.1. The van der Waals surface area contributed by atoms with Crippen LogP contribution in [0.5, 0.6) is 0 Å². The summed E-state index contributed by atoms with van der Waals surface area (Å²) in [7, 11) is 0. The highest BCUT2D eigenvalue weighted by molar-refractivity contribution is 5.89. The molecule has 3 aromatic heterocycles. The number of carbonyl (C=O) groups is 1. The number of aromatic carboxylic acids is 1. The molecular formula is C27H34F2N4O2. The minimum atomic E-state index is -2.45. The average Bonchev–Trinajstić information content (AvgIpc) is 3.26. The molecule has 1 saturated heterocycles. The van der Waals surface area contributed by atoms with Gasteiger partial charge in [0.25, 0.3) is 5.92 Å². The Labute approximate surface area is 205 Å². The third-order valence-corrected chi connectivity index (χ3v) is 6.89. The van der Waals surface area contributed by atoms with Crippen LogP contribution in [0.25, 0.3) is 22.3 Å². The van der Waals surface area contributed by atoms with Gasteiger partial charge in [-0.3, -0.25) is 9.97 Å². The first kappa shape index (κ1) is 25.2. The first-order valence-electron chi connectivity index (χ1n) is 12.7. The SMILES string of the molecule is O=C(O)c1ccnc(-c2cc3ccn(CCCCCCCCCN4CCC(F)(F)CC4)c3cn2)c1. The van der Waals surface area contributed by atoms with Gasteiger partial charge >= 0.3 is 5.97 Å². The first-order chi connectivity index (χ1) is 16.9. The van der Waals surface area contributed by atoms with Crippen LogP contribution in [0.15, 0.2) is 42.9 Å². The van der Waals surface area contributed by atoms with E-state index in [2.05, 4.69) is 31.7 Å². The van der Waals surface area contributed by atoms with E-state index in [9.17, 15) is 18.7 Å². The van der Waals surface area contributed by atoms with Crippen LogP contribution in [-0.4, -0.2) is 56.1 Å². The van der Waals surface area contributed by atoms with Crippen molar-refractivity contribution >= 4 is 16.9 Å². The Morgan fingerprint density at radius 3 is 2.29 bits per heavy atom. The van der Waals surface area contributed by atoms with Crippen molar-refractivity contribution in [2.45, 2.75) is 70.3 Å². The number of unbranched alkanes of at least 4 members (excludes halogenated alkanes) is 6. The molecule has 188 valence electrons. The van der Waals surface area contributed by atoms with Crippen LogP contribution in [0.2, 0.25) is 0 Å². The summed E-state index contributed by atoms with van der Waals surface area (Å²) >= 11 is 0. The van der Waals surface area contributed by atoms with Crippen molar-refractivity contribution in [2.24, 2.45) is 0 Å². The molecule has 1 aliphatic heterocycles. The lowest BCUT2D eigenvalue weighted by molar-refractivity contribution is -0.0552. The smallest absolute Gasteiger partial charge is 0.335 e. The zero-order valence-electron chi connectivity index (χ0n) is 20.1. The number of hydrogen-bond donors (Lipinski definition) is 1. The van der Waals surface area contributed by atoms with Gasteiger partial charge in [0.1, 0.15) is 0 Å². The summed E-state index contributed by atoms with van der Waals surface area (Å²) < 4.78 is 28.6. The highest BCUT2D eigenvalue weighted by Crippen LogP contribution is 2.28. The summed E-state index contributed by atoms with van der Waals surface area (Å²) in [6, 6.07) is 7.03. The number of alkyl halides is 2. The number of hydrogen-bond acceptors (Lipinski definition) is 4. The molecule has 1 aliphatic rings. The Morgan fingerprint density at radius 2 is 1.57 bits per heavy atom. The van der Waals surface area contributed by atoms with Crippen molar-refractivity contribution in [1.29, 1.82) is 0 Å². The minimum Gasteiger partial charge on any atom is -0.478 e. The van der Waals surface area contributed by atoms with Gasteiger partial charge in [-0.15, -0.1) is 0 Å². The van der Waals surface area contributed by atoms with Gasteiger partial charge in [-0.2, -0.15) is 0 Å². The number of likely N-dealkylation sites (tertiary alicyclic amines) is 1. The third kappa shape index (κ3) is 7.07. The van der Waals surface area contributed by atoms with Crippen LogP contribution >= 0.6 is 0 Å². The fourth-order valence-corrected chi connectivity index (χ4v) is 4.73. The molecule has 0 bridgehead atoms. The Hall–Kier alpha value is -2.87.